The lowest BCUT2D eigenvalue weighted by Gasteiger charge is -1.96. The van der Waals surface area contributed by atoms with E-state index < -0.39 is 0 Å². The SMILES string of the molecule is O=C(C=Cc1ccc(O)cc1)CC(=O)C=Cc1ccc2[nH]ccc2c1. The number of phenolic OH excluding ortho intramolecular Hbond substituents is 1. The number of rotatable bonds is 6. The van der Waals surface area contributed by atoms with Crippen molar-refractivity contribution in [2.75, 3.05) is 0 Å². The van der Waals surface area contributed by atoms with Crippen molar-refractivity contribution in [2.24, 2.45) is 0 Å². The molecule has 3 rings (SSSR count). The number of nitrogens with one attached hydrogen (secondary N) is 1. The summed E-state index contributed by atoms with van der Waals surface area (Å²) in [5.41, 5.74) is 2.74. The van der Waals surface area contributed by atoms with Gasteiger partial charge in [-0.2, -0.15) is 0 Å². The van der Waals surface area contributed by atoms with Gasteiger partial charge in [-0.05, 0) is 59.0 Å². The number of carbonyl (C=O) groups is 2. The van der Waals surface area contributed by atoms with Gasteiger partial charge in [0.2, 0.25) is 0 Å². The minimum absolute atomic E-state index is 0.168. The third-order valence-electron chi connectivity index (χ3n) is 3.74. The molecule has 0 fully saturated rings. The van der Waals surface area contributed by atoms with Crippen LogP contribution in [0.4, 0.5) is 0 Å². The lowest BCUT2D eigenvalue weighted by molar-refractivity contribution is -0.121. The highest BCUT2D eigenvalue weighted by Crippen LogP contribution is 2.15. The van der Waals surface area contributed by atoms with E-state index in [-0.39, 0.29) is 23.7 Å². The van der Waals surface area contributed by atoms with Crippen LogP contribution in [0.1, 0.15) is 17.5 Å². The first-order chi connectivity index (χ1) is 12.1. The number of carbonyl (C=O) groups excluding carboxylic acids is 2. The normalized spacial score (nSPS) is 11.5. The van der Waals surface area contributed by atoms with Crippen LogP contribution >= 0.6 is 0 Å². The number of aromatic amines is 1. The summed E-state index contributed by atoms with van der Waals surface area (Å²) < 4.78 is 0. The van der Waals surface area contributed by atoms with Crippen LogP contribution in [0.2, 0.25) is 0 Å². The summed E-state index contributed by atoms with van der Waals surface area (Å²) in [5, 5.41) is 10.3. The Morgan fingerprint density at radius 2 is 1.52 bits per heavy atom. The zero-order valence-corrected chi connectivity index (χ0v) is 13.5. The number of hydrogen-bond donors (Lipinski definition) is 2. The van der Waals surface area contributed by atoms with E-state index in [1.165, 1.54) is 12.2 Å². The van der Waals surface area contributed by atoms with Gasteiger partial charge in [0.05, 0.1) is 6.42 Å². The molecule has 0 spiro atoms. The molecule has 0 bridgehead atoms. The molecule has 25 heavy (non-hydrogen) atoms. The van der Waals surface area contributed by atoms with E-state index in [0.29, 0.717) is 0 Å². The van der Waals surface area contributed by atoms with Gasteiger partial charge in [-0.3, -0.25) is 9.59 Å². The van der Waals surface area contributed by atoms with E-state index in [4.69, 9.17) is 0 Å². The maximum Gasteiger partial charge on any atom is 0.163 e. The standard InChI is InChI=1S/C21H17NO3/c23-18-6-1-15(2-7-18)3-8-19(24)14-20(25)9-4-16-5-10-21-17(13-16)11-12-22-21/h1-13,22-23H,14H2. The average Bonchev–Trinajstić information content (AvgIpc) is 3.07. The highest BCUT2D eigenvalue weighted by Gasteiger charge is 2.04. The second-order valence-corrected chi connectivity index (χ2v) is 5.69. The van der Waals surface area contributed by atoms with E-state index in [9.17, 15) is 14.7 Å². The molecule has 3 aromatic rings. The molecule has 4 heteroatoms. The van der Waals surface area contributed by atoms with Gasteiger partial charge in [-0.1, -0.05) is 30.4 Å². The summed E-state index contributed by atoms with van der Waals surface area (Å²) >= 11 is 0. The van der Waals surface area contributed by atoms with Crippen LogP contribution in [0.5, 0.6) is 5.75 Å². The molecular formula is C21H17NO3. The van der Waals surface area contributed by atoms with E-state index in [1.54, 1.807) is 36.4 Å². The molecule has 0 amide bonds. The summed E-state index contributed by atoms with van der Waals surface area (Å²) in [5.74, 6) is -0.333. The molecule has 0 saturated carbocycles. The Bertz CT molecular complexity index is 962. The van der Waals surface area contributed by atoms with Gasteiger partial charge in [-0.15, -0.1) is 0 Å². The Labute approximate surface area is 145 Å². The fraction of sp³-hybridized carbons (Fsp3) is 0.0476. The maximum absolute atomic E-state index is 11.9. The molecule has 0 unspecified atom stereocenters. The first-order valence-corrected chi connectivity index (χ1v) is 7.88. The quantitative estimate of drug-likeness (QED) is 0.527. The van der Waals surface area contributed by atoms with Gasteiger partial charge in [-0.25, -0.2) is 0 Å². The molecule has 2 aromatic carbocycles. The van der Waals surface area contributed by atoms with Crippen molar-refractivity contribution in [2.45, 2.75) is 6.42 Å². The average molecular weight is 331 g/mol. The molecule has 0 radical (unpaired) electrons. The summed E-state index contributed by atoms with van der Waals surface area (Å²) in [7, 11) is 0. The van der Waals surface area contributed by atoms with Gasteiger partial charge in [0.25, 0.3) is 0 Å². The topological polar surface area (TPSA) is 70.2 Å². The Hall–Kier alpha value is -3.40. The second-order valence-electron chi connectivity index (χ2n) is 5.69. The Balaban J connectivity index is 1.57. The van der Waals surface area contributed by atoms with Crippen LogP contribution in [-0.4, -0.2) is 21.7 Å². The predicted molar refractivity (Wildman–Crippen MR) is 99.1 cm³/mol. The molecule has 0 atom stereocenters. The molecule has 2 N–H and O–H groups in total. The summed E-state index contributed by atoms with van der Waals surface area (Å²) in [6, 6.07) is 14.3. The molecule has 0 aliphatic rings. The number of benzene rings is 2. The van der Waals surface area contributed by atoms with Crippen LogP contribution in [0.25, 0.3) is 23.1 Å². The van der Waals surface area contributed by atoms with Crippen molar-refractivity contribution in [1.29, 1.82) is 0 Å². The number of fused-ring (bicyclic) bond motifs is 1. The first-order valence-electron chi connectivity index (χ1n) is 7.88. The maximum atomic E-state index is 11.9. The highest BCUT2D eigenvalue weighted by molar-refractivity contribution is 6.11. The lowest BCUT2D eigenvalue weighted by Crippen LogP contribution is -2.01. The van der Waals surface area contributed by atoms with Gasteiger partial charge in [0, 0.05) is 11.7 Å². The van der Waals surface area contributed by atoms with E-state index in [0.717, 1.165) is 22.0 Å². The molecule has 4 nitrogen and oxygen atoms in total. The van der Waals surface area contributed by atoms with Crippen LogP contribution in [0.15, 0.2) is 66.9 Å². The van der Waals surface area contributed by atoms with Gasteiger partial charge >= 0.3 is 0 Å². The highest BCUT2D eigenvalue weighted by atomic mass is 16.3. The summed E-state index contributed by atoms with van der Waals surface area (Å²) in [6.45, 7) is 0. The smallest absolute Gasteiger partial charge is 0.163 e. The van der Waals surface area contributed by atoms with Gasteiger partial charge < -0.3 is 10.1 Å². The van der Waals surface area contributed by atoms with Crippen LogP contribution < -0.4 is 0 Å². The lowest BCUT2D eigenvalue weighted by atomic mass is 10.1. The number of aromatic nitrogens is 1. The molecule has 1 heterocycles. The number of H-pyrrole nitrogens is 1. The predicted octanol–water partition coefficient (Wildman–Crippen LogP) is 4.13. The first kappa shape index (κ1) is 16.5. The summed E-state index contributed by atoms with van der Waals surface area (Å²) in [4.78, 5) is 26.9. The number of allylic oxidation sites excluding steroid dienone is 2. The largest absolute Gasteiger partial charge is 0.508 e. The van der Waals surface area contributed by atoms with Crippen molar-refractivity contribution >= 4 is 34.6 Å². The molecule has 0 aliphatic heterocycles. The van der Waals surface area contributed by atoms with Gasteiger partial charge in [0.15, 0.2) is 11.6 Å². The molecule has 0 aliphatic carbocycles. The van der Waals surface area contributed by atoms with Crippen molar-refractivity contribution in [1.82, 2.24) is 4.98 Å². The van der Waals surface area contributed by atoms with E-state index in [2.05, 4.69) is 4.98 Å². The van der Waals surface area contributed by atoms with E-state index >= 15 is 0 Å². The van der Waals surface area contributed by atoms with Crippen LogP contribution in [0, 0.1) is 0 Å². The third kappa shape index (κ3) is 4.54. The van der Waals surface area contributed by atoms with Crippen molar-refractivity contribution in [3.8, 4) is 5.75 Å². The van der Waals surface area contributed by atoms with Crippen molar-refractivity contribution in [3.05, 3.63) is 78.0 Å². The number of ketones is 2. The third-order valence-corrected chi connectivity index (χ3v) is 3.74. The zero-order valence-electron chi connectivity index (χ0n) is 13.5. The minimum Gasteiger partial charge on any atom is -0.508 e. The zero-order chi connectivity index (χ0) is 17.6. The van der Waals surface area contributed by atoms with Crippen LogP contribution in [-0.2, 0) is 9.59 Å². The monoisotopic (exact) mass is 331 g/mol. The molecular weight excluding hydrogens is 314 g/mol. The Morgan fingerprint density at radius 3 is 2.24 bits per heavy atom. The fourth-order valence-corrected chi connectivity index (χ4v) is 2.43. The number of aromatic hydroxyl groups is 1. The number of phenols is 1. The van der Waals surface area contributed by atoms with Gasteiger partial charge in [0.1, 0.15) is 5.75 Å². The Morgan fingerprint density at radius 1 is 0.880 bits per heavy atom. The molecule has 124 valence electrons. The van der Waals surface area contributed by atoms with E-state index in [1.807, 2.05) is 30.5 Å². The fourth-order valence-electron chi connectivity index (χ4n) is 2.43. The summed E-state index contributed by atoms with van der Waals surface area (Å²) in [6.07, 6.45) is 7.84. The van der Waals surface area contributed by atoms with Crippen molar-refractivity contribution < 1.29 is 14.7 Å². The molecule has 0 saturated heterocycles. The second kappa shape index (κ2) is 7.45. The number of hydrogen-bond acceptors (Lipinski definition) is 3. The van der Waals surface area contributed by atoms with Crippen LogP contribution in [0.3, 0.4) is 0 Å². The Kier molecular flexibility index (Phi) is 4.90. The van der Waals surface area contributed by atoms with Crippen molar-refractivity contribution in [3.63, 3.8) is 0 Å². The minimum atomic E-state index is -0.260. The molecule has 1 aromatic heterocycles.